The Balaban J connectivity index is 0.000000354. The van der Waals surface area contributed by atoms with Crippen LogP contribution in [0.3, 0.4) is 0 Å². The molecule has 0 aliphatic heterocycles. The second kappa shape index (κ2) is 6.88. The molecule has 0 bridgehead atoms. The largest absolute Gasteiger partial charge is 0.478 e. The van der Waals surface area contributed by atoms with E-state index in [9.17, 15) is 4.79 Å². The van der Waals surface area contributed by atoms with Crippen LogP contribution in [0.5, 0.6) is 0 Å². The molecule has 1 N–H and O–H groups in total. The molecule has 0 saturated heterocycles. The molecular formula is C7H7Cl2NO2. The summed E-state index contributed by atoms with van der Waals surface area (Å²) in [5, 5.41) is 8.54. The van der Waals surface area contributed by atoms with Gasteiger partial charge in [0, 0.05) is 12.4 Å². The summed E-state index contributed by atoms with van der Waals surface area (Å²) in [6.07, 6.45) is 2.84. The minimum atomic E-state index is -0.942. The van der Waals surface area contributed by atoms with Gasteiger partial charge in [-0.05, 0) is 12.1 Å². The zero-order valence-electron chi connectivity index (χ0n) is 6.08. The van der Waals surface area contributed by atoms with Gasteiger partial charge in [-0.3, -0.25) is 4.98 Å². The minimum Gasteiger partial charge on any atom is -0.478 e. The second-order valence-corrected chi connectivity index (χ2v) is 2.46. The number of nitrogens with zero attached hydrogens (tertiary/aromatic N) is 1. The summed E-state index contributed by atoms with van der Waals surface area (Å²) in [6, 6.07) is 3.08. The first kappa shape index (κ1) is 11.2. The number of rotatable bonds is 1. The minimum absolute atomic E-state index is 0.194. The van der Waals surface area contributed by atoms with Gasteiger partial charge in [0.15, 0.2) is 0 Å². The Hall–Kier alpha value is -0.800. The lowest BCUT2D eigenvalue weighted by atomic mass is 10.3. The monoisotopic (exact) mass is 207 g/mol. The van der Waals surface area contributed by atoms with Gasteiger partial charge in [0.1, 0.15) is 0 Å². The molecule has 0 aliphatic rings. The van der Waals surface area contributed by atoms with E-state index in [-0.39, 0.29) is 10.9 Å². The zero-order chi connectivity index (χ0) is 9.40. The second-order valence-electron chi connectivity index (χ2n) is 1.65. The Morgan fingerprint density at radius 3 is 2.42 bits per heavy atom. The molecule has 0 spiro atoms. The zero-order valence-corrected chi connectivity index (χ0v) is 7.59. The predicted octanol–water partition coefficient (Wildman–Crippen LogP) is 2.20. The summed E-state index contributed by atoms with van der Waals surface area (Å²) in [7, 11) is 0. The summed E-state index contributed by atoms with van der Waals surface area (Å²) in [5.74, 6) is -0.942. The van der Waals surface area contributed by atoms with Crippen LogP contribution in [0.4, 0.5) is 0 Å². The fourth-order valence-corrected chi connectivity index (χ4v) is 0.489. The summed E-state index contributed by atoms with van der Waals surface area (Å²) < 4.78 is 0. The smallest absolute Gasteiger partial charge is 0.337 e. The van der Waals surface area contributed by atoms with Gasteiger partial charge < -0.3 is 5.11 Å². The van der Waals surface area contributed by atoms with Crippen molar-refractivity contribution in [2.45, 2.75) is 0 Å². The number of aromatic carboxylic acids is 1. The number of carboxylic acid groups (broad SMARTS) is 1. The normalized spacial score (nSPS) is 8.17. The number of carbonyl (C=O) groups is 1. The van der Waals surface area contributed by atoms with Gasteiger partial charge >= 0.3 is 5.97 Å². The maximum absolute atomic E-state index is 10.2. The molecule has 1 rings (SSSR count). The molecule has 0 saturated carbocycles. The van der Waals surface area contributed by atoms with Crippen LogP contribution >= 0.6 is 23.2 Å². The SMILES string of the molecule is ClCCl.O=C(O)c1cccnc1. The number of alkyl halides is 2. The van der Waals surface area contributed by atoms with Gasteiger partial charge in [-0.2, -0.15) is 0 Å². The van der Waals surface area contributed by atoms with Crippen molar-refractivity contribution < 1.29 is 9.90 Å². The molecule has 0 amide bonds. The van der Waals surface area contributed by atoms with E-state index in [2.05, 4.69) is 4.98 Å². The van der Waals surface area contributed by atoms with E-state index in [0.29, 0.717) is 0 Å². The van der Waals surface area contributed by atoms with Crippen molar-refractivity contribution in [3.05, 3.63) is 30.1 Å². The first-order valence-electron chi connectivity index (χ1n) is 2.97. The van der Waals surface area contributed by atoms with E-state index in [4.69, 9.17) is 28.3 Å². The molecule has 0 radical (unpaired) electrons. The Bertz CT molecular complexity index is 228. The van der Waals surface area contributed by atoms with Crippen LogP contribution in [0.2, 0.25) is 0 Å². The van der Waals surface area contributed by atoms with Crippen LogP contribution in [-0.2, 0) is 0 Å². The maximum atomic E-state index is 10.2. The standard InChI is InChI=1S/C6H5NO2.CH2Cl2/c8-6(9)5-2-1-3-7-4-5;2-1-3/h1-4H,(H,8,9);1H2. The number of halogens is 2. The molecular weight excluding hydrogens is 201 g/mol. The van der Waals surface area contributed by atoms with Crippen LogP contribution in [0, 0.1) is 0 Å². The van der Waals surface area contributed by atoms with Gasteiger partial charge in [-0.15, -0.1) is 23.2 Å². The van der Waals surface area contributed by atoms with E-state index >= 15 is 0 Å². The van der Waals surface area contributed by atoms with Crippen molar-refractivity contribution in [2.75, 3.05) is 5.34 Å². The molecule has 0 unspecified atom stereocenters. The van der Waals surface area contributed by atoms with Crippen LogP contribution in [0.25, 0.3) is 0 Å². The first-order valence-corrected chi connectivity index (χ1v) is 4.04. The molecule has 1 heterocycles. The lowest BCUT2D eigenvalue weighted by Gasteiger charge is -1.87. The third kappa shape index (κ3) is 4.93. The summed E-state index contributed by atoms with van der Waals surface area (Å²) in [6.45, 7) is 0. The van der Waals surface area contributed by atoms with Gasteiger partial charge in [0.25, 0.3) is 0 Å². The molecule has 0 aromatic carbocycles. The molecule has 3 nitrogen and oxygen atoms in total. The summed E-state index contributed by atoms with van der Waals surface area (Å²) in [4.78, 5) is 13.8. The third-order valence-corrected chi connectivity index (χ3v) is 0.908. The van der Waals surface area contributed by atoms with Crippen LogP contribution < -0.4 is 0 Å². The fraction of sp³-hybridized carbons (Fsp3) is 0.143. The first-order chi connectivity index (χ1) is 5.72. The topological polar surface area (TPSA) is 50.2 Å². The van der Waals surface area contributed by atoms with Crippen LogP contribution in [-0.4, -0.2) is 21.4 Å². The number of pyridine rings is 1. The summed E-state index contributed by atoms with van der Waals surface area (Å²) in [5.41, 5.74) is 0.220. The maximum Gasteiger partial charge on any atom is 0.337 e. The van der Waals surface area contributed by atoms with E-state index in [0.717, 1.165) is 0 Å². The molecule has 1 aromatic heterocycles. The third-order valence-electron chi connectivity index (χ3n) is 0.908. The van der Waals surface area contributed by atoms with E-state index < -0.39 is 5.97 Å². The van der Waals surface area contributed by atoms with Crippen molar-refractivity contribution >= 4 is 29.2 Å². The molecule has 1 aromatic rings. The molecule has 66 valence electrons. The number of carboxylic acids is 1. The highest BCUT2D eigenvalue weighted by Crippen LogP contribution is 1.92. The van der Waals surface area contributed by atoms with E-state index in [1.54, 1.807) is 6.07 Å². The quantitative estimate of drug-likeness (QED) is 0.719. The predicted molar refractivity (Wildman–Crippen MR) is 47.8 cm³/mol. The Morgan fingerprint density at radius 2 is 2.17 bits per heavy atom. The number of aromatic nitrogens is 1. The van der Waals surface area contributed by atoms with Crippen molar-refractivity contribution in [3.63, 3.8) is 0 Å². The van der Waals surface area contributed by atoms with E-state index in [1.165, 1.54) is 18.5 Å². The Kier molecular flexibility index (Phi) is 6.42. The lowest BCUT2D eigenvalue weighted by Crippen LogP contribution is -1.94. The fourth-order valence-electron chi connectivity index (χ4n) is 0.489. The lowest BCUT2D eigenvalue weighted by molar-refractivity contribution is 0.0696. The van der Waals surface area contributed by atoms with Gasteiger partial charge in [-0.25, -0.2) is 4.79 Å². The average Bonchev–Trinajstić information content (AvgIpc) is 2.07. The van der Waals surface area contributed by atoms with Crippen molar-refractivity contribution in [2.24, 2.45) is 0 Å². The molecule has 0 aliphatic carbocycles. The van der Waals surface area contributed by atoms with Gasteiger partial charge in [-0.1, -0.05) is 0 Å². The highest BCUT2D eigenvalue weighted by Gasteiger charge is 1.97. The Labute approximate surface area is 79.9 Å². The van der Waals surface area contributed by atoms with Crippen LogP contribution in [0.1, 0.15) is 10.4 Å². The van der Waals surface area contributed by atoms with E-state index in [1.807, 2.05) is 0 Å². The molecule has 0 atom stereocenters. The number of hydrogen-bond acceptors (Lipinski definition) is 2. The highest BCUT2D eigenvalue weighted by molar-refractivity contribution is 6.40. The average molecular weight is 208 g/mol. The van der Waals surface area contributed by atoms with Crippen molar-refractivity contribution in [1.82, 2.24) is 4.98 Å². The van der Waals surface area contributed by atoms with Gasteiger partial charge in [0.2, 0.25) is 0 Å². The highest BCUT2D eigenvalue weighted by atomic mass is 35.5. The molecule has 0 fully saturated rings. The van der Waals surface area contributed by atoms with Gasteiger partial charge in [0.05, 0.1) is 10.9 Å². The number of hydrogen-bond donors (Lipinski definition) is 1. The Morgan fingerprint density at radius 1 is 1.58 bits per heavy atom. The summed E-state index contributed by atoms with van der Waals surface area (Å²) >= 11 is 9.53. The molecule has 5 heteroatoms. The van der Waals surface area contributed by atoms with Crippen molar-refractivity contribution in [1.29, 1.82) is 0 Å². The van der Waals surface area contributed by atoms with Crippen molar-refractivity contribution in [3.8, 4) is 0 Å². The molecule has 12 heavy (non-hydrogen) atoms. The van der Waals surface area contributed by atoms with Crippen LogP contribution in [0.15, 0.2) is 24.5 Å².